The second kappa shape index (κ2) is 11.2. The van der Waals surface area contributed by atoms with E-state index in [2.05, 4.69) is 34.6 Å². The highest BCUT2D eigenvalue weighted by atomic mass is 16.7. The van der Waals surface area contributed by atoms with E-state index < -0.39 is 66.6 Å². The number of Topliss-reactive ketones (excluding diaryl/α,β-unsaturated/α-hetero) is 1. The molecular weight excluding hydrogens is 592 g/mol. The van der Waals surface area contributed by atoms with E-state index in [4.69, 9.17) is 9.47 Å². The van der Waals surface area contributed by atoms with E-state index in [9.17, 15) is 40.5 Å². The Morgan fingerprint density at radius 1 is 0.978 bits per heavy atom. The first-order chi connectivity index (χ1) is 21.2. The summed E-state index contributed by atoms with van der Waals surface area (Å²) >= 11 is 0. The SMILES string of the molecule is C[C@@H](C[C@@H](O)[C@H](O)C(C)(C)O)[C@@H]1CC[C@]23C[C@]12CC[C@@H]1[C@@]2(C)CCC(=O)C(C)(C)[C@@H]2C[C@@H](O[C@@H]2O[C@H](CO)[C@@H](O)[C@H](O)[C@H]2O)[C@]13C. The fraction of sp³-hybridized carbons (Fsp3) is 0.972. The van der Waals surface area contributed by atoms with Gasteiger partial charge in [0, 0.05) is 17.3 Å². The number of carbonyl (C=O) groups is 1. The van der Waals surface area contributed by atoms with Crippen LogP contribution in [0.1, 0.15) is 106 Å². The van der Waals surface area contributed by atoms with Crippen LogP contribution in [0, 0.1) is 50.7 Å². The van der Waals surface area contributed by atoms with Crippen LogP contribution in [0.5, 0.6) is 0 Å². The minimum Gasteiger partial charge on any atom is -0.394 e. The molecule has 46 heavy (non-hydrogen) atoms. The van der Waals surface area contributed by atoms with Crippen molar-refractivity contribution >= 4 is 5.78 Å². The lowest BCUT2D eigenvalue weighted by molar-refractivity contribution is -0.341. The highest BCUT2D eigenvalue weighted by Crippen LogP contribution is 2.91. The zero-order valence-corrected chi connectivity index (χ0v) is 28.9. The highest BCUT2D eigenvalue weighted by molar-refractivity contribution is 5.85. The van der Waals surface area contributed by atoms with Crippen molar-refractivity contribution in [2.45, 2.75) is 161 Å². The quantitative estimate of drug-likeness (QED) is 0.193. The summed E-state index contributed by atoms with van der Waals surface area (Å²) in [4.78, 5) is 13.4. The van der Waals surface area contributed by atoms with E-state index in [1.165, 1.54) is 13.8 Å². The number of rotatable bonds is 8. The summed E-state index contributed by atoms with van der Waals surface area (Å²) in [5, 5.41) is 73.9. The van der Waals surface area contributed by atoms with Gasteiger partial charge in [0.25, 0.3) is 0 Å². The average molecular weight is 653 g/mol. The molecule has 6 aliphatic rings. The highest BCUT2D eigenvalue weighted by Gasteiger charge is 2.85. The first kappa shape index (κ1) is 35.1. The Labute approximate surface area is 273 Å². The van der Waals surface area contributed by atoms with Gasteiger partial charge in [-0.3, -0.25) is 4.79 Å². The lowest BCUT2D eigenvalue weighted by Crippen LogP contribution is -2.68. The van der Waals surface area contributed by atoms with E-state index in [1.807, 2.05) is 0 Å². The molecule has 1 aliphatic heterocycles. The van der Waals surface area contributed by atoms with E-state index in [-0.39, 0.29) is 45.2 Å². The van der Waals surface area contributed by atoms with Crippen LogP contribution in [0.2, 0.25) is 0 Å². The molecule has 10 nitrogen and oxygen atoms in total. The summed E-state index contributed by atoms with van der Waals surface area (Å²) in [6.45, 7) is 13.5. The minimum absolute atomic E-state index is 0.0390. The Balaban J connectivity index is 1.36. The third-order valence-electron chi connectivity index (χ3n) is 15.4. The molecule has 10 heteroatoms. The molecule has 1 saturated heterocycles. The predicted molar refractivity (Wildman–Crippen MR) is 168 cm³/mol. The number of aliphatic hydroxyl groups is 7. The van der Waals surface area contributed by atoms with Crippen molar-refractivity contribution in [3.8, 4) is 0 Å². The molecule has 6 rings (SSSR count). The number of ether oxygens (including phenoxy) is 2. The maximum Gasteiger partial charge on any atom is 0.186 e. The maximum absolute atomic E-state index is 13.4. The van der Waals surface area contributed by atoms with Crippen molar-refractivity contribution in [2.75, 3.05) is 6.61 Å². The summed E-state index contributed by atoms with van der Waals surface area (Å²) < 4.78 is 12.8. The Morgan fingerprint density at radius 2 is 1.65 bits per heavy atom. The van der Waals surface area contributed by atoms with Gasteiger partial charge >= 0.3 is 0 Å². The number of fused-ring (bicyclic) bond motifs is 3. The van der Waals surface area contributed by atoms with Crippen molar-refractivity contribution in [2.24, 2.45) is 50.7 Å². The molecule has 16 atom stereocenters. The van der Waals surface area contributed by atoms with Gasteiger partial charge in [0.05, 0.1) is 24.4 Å². The van der Waals surface area contributed by atoms with E-state index in [0.717, 1.165) is 38.5 Å². The van der Waals surface area contributed by atoms with Crippen molar-refractivity contribution in [1.82, 2.24) is 0 Å². The molecule has 0 aromatic carbocycles. The first-order valence-electron chi connectivity index (χ1n) is 17.8. The van der Waals surface area contributed by atoms with Gasteiger partial charge in [-0.25, -0.2) is 0 Å². The van der Waals surface area contributed by atoms with Gasteiger partial charge < -0.3 is 45.2 Å². The molecule has 264 valence electrons. The molecule has 6 fully saturated rings. The molecule has 0 radical (unpaired) electrons. The smallest absolute Gasteiger partial charge is 0.186 e. The molecular formula is C36H60O10. The van der Waals surface area contributed by atoms with Gasteiger partial charge in [-0.1, -0.05) is 34.6 Å². The molecule has 7 N–H and O–H groups in total. The summed E-state index contributed by atoms with van der Waals surface area (Å²) in [6, 6.07) is 0. The lowest BCUT2D eigenvalue weighted by Gasteiger charge is -2.68. The van der Waals surface area contributed by atoms with Gasteiger partial charge in [0.15, 0.2) is 6.29 Å². The lowest BCUT2D eigenvalue weighted by atomic mass is 9.37. The van der Waals surface area contributed by atoms with Gasteiger partial charge in [-0.05, 0) is 105 Å². The molecule has 5 saturated carbocycles. The molecule has 0 amide bonds. The van der Waals surface area contributed by atoms with Crippen LogP contribution in [-0.4, -0.2) is 103 Å². The third-order valence-corrected chi connectivity index (χ3v) is 15.4. The van der Waals surface area contributed by atoms with Crippen LogP contribution in [-0.2, 0) is 14.3 Å². The standard InChI is InChI=1S/C36H60O10/c1-18(14-20(38)29(43)32(4,5)44)19-8-13-36-17-35(19,36)12-9-22-33(6)11-10-24(39)31(2,3)23(33)15-25(34(22,36)7)46-30-28(42)27(41)26(40)21(16-37)45-30/h18-23,25-30,37-38,40-44H,8-17H2,1-7H3/t18-,19-,20+,21+,22+,23-,25+,26+,27-,28+,29-,30-,33+,34-,35+,36+/m0/s1. The maximum atomic E-state index is 13.4. The second-order valence-electron chi connectivity index (χ2n) is 18.1. The van der Waals surface area contributed by atoms with Crippen LogP contribution >= 0.6 is 0 Å². The zero-order valence-electron chi connectivity index (χ0n) is 28.9. The molecule has 0 bridgehead atoms. The summed E-state index contributed by atoms with van der Waals surface area (Å²) in [7, 11) is 0. The summed E-state index contributed by atoms with van der Waals surface area (Å²) in [5.74, 6) is 1.01. The van der Waals surface area contributed by atoms with Crippen molar-refractivity contribution in [1.29, 1.82) is 0 Å². The van der Waals surface area contributed by atoms with Crippen LogP contribution in [0.4, 0.5) is 0 Å². The van der Waals surface area contributed by atoms with E-state index in [0.29, 0.717) is 25.2 Å². The third kappa shape index (κ3) is 4.64. The number of carbonyl (C=O) groups excluding carboxylic acids is 1. The normalized spacial score (nSPS) is 51.7. The fourth-order valence-corrected chi connectivity index (χ4v) is 12.9. The zero-order chi connectivity index (χ0) is 34.0. The Kier molecular flexibility index (Phi) is 8.52. The number of hydrogen-bond donors (Lipinski definition) is 7. The minimum atomic E-state index is -1.53. The van der Waals surface area contributed by atoms with Crippen LogP contribution < -0.4 is 0 Å². The molecule has 0 spiro atoms. The molecule has 5 aliphatic carbocycles. The van der Waals surface area contributed by atoms with Gasteiger partial charge in [-0.15, -0.1) is 0 Å². The monoisotopic (exact) mass is 652 g/mol. The first-order valence-corrected chi connectivity index (χ1v) is 17.8. The number of aliphatic hydroxyl groups excluding tert-OH is 6. The van der Waals surface area contributed by atoms with Crippen molar-refractivity contribution < 1.29 is 50.0 Å². The number of hydrogen-bond acceptors (Lipinski definition) is 10. The Morgan fingerprint density at radius 3 is 2.28 bits per heavy atom. The molecule has 0 unspecified atom stereocenters. The second-order valence-corrected chi connectivity index (χ2v) is 18.1. The van der Waals surface area contributed by atoms with Crippen LogP contribution in [0.3, 0.4) is 0 Å². The predicted octanol–water partition coefficient (Wildman–Crippen LogP) is 2.31. The Hall–Kier alpha value is -0.690. The summed E-state index contributed by atoms with van der Waals surface area (Å²) in [5.41, 5.74) is -2.41. The largest absolute Gasteiger partial charge is 0.394 e. The van der Waals surface area contributed by atoms with E-state index >= 15 is 0 Å². The fourth-order valence-electron chi connectivity index (χ4n) is 12.9. The van der Waals surface area contributed by atoms with Crippen LogP contribution in [0.15, 0.2) is 0 Å². The van der Waals surface area contributed by atoms with E-state index in [1.54, 1.807) is 0 Å². The van der Waals surface area contributed by atoms with Gasteiger partial charge in [0.2, 0.25) is 0 Å². The molecule has 0 aromatic rings. The van der Waals surface area contributed by atoms with Crippen molar-refractivity contribution in [3.63, 3.8) is 0 Å². The average Bonchev–Trinajstić information content (AvgIpc) is 3.55. The summed E-state index contributed by atoms with van der Waals surface area (Å²) in [6.07, 6.45) is -2.06. The number of ketones is 1. The Bertz CT molecular complexity index is 1180. The van der Waals surface area contributed by atoms with Crippen molar-refractivity contribution in [3.05, 3.63) is 0 Å². The molecule has 1 heterocycles. The molecule has 0 aromatic heterocycles. The van der Waals surface area contributed by atoms with Crippen LogP contribution in [0.25, 0.3) is 0 Å². The van der Waals surface area contributed by atoms with Gasteiger partial charge in [0.1, 0.15) is 36.3 Å². The topological polar surface area (TPSA) is 177 Å². The van der Waals surface area contributed by atoms with Gasteiger partial charge in [-0.2, -0.15) is 0 Å².